The van der Waals surface area contributed by atoms with Crippen molar-refractivity contribution in [2.75, 3.05) is 0 Å². The van der Waals surface area contributed by atoms with Gasteiger partial charge >= 0.3 is 0 Å². The number of aliphatic hydroxyl groups excluding tert-OH is 1. The predicted molar refractivity (Wildman–Crippen MR) is 121 cm³/mol. The van der Waals surface area contributed by atoms with Crippen molar-refractivity contribution in [2.45, 2.75) is 52.9 Å². The first-order valence-corrected chi connectivity index (χ1v) is 10.3. The Hall–Kier alpha value is -2.82. The summed E-state index contributed by atoms with van der Waals surface area (Å²) in [5, 5.41) is 17.3. The van der Waals surface area contributed by atoms with Gasteiger partial charge in [0.25, 0.3) is 5.91 Å². The Morgan fingerprint density at radius 1 is 1.31 bits per heavy atom. The molecule has 0 radical (unpaired) electrons. The smallest absolute Gasteiger partial charge is 0.259 e. The maximum atomic E-state index is 12.9. The van der Waals surface area contributed by atoms with Crippen molar-refractivity contribution in [2.24, 2.45) is 13.0 Å². The number of carbonyl (C=O) groups excluding carboxylic acids is 1. The number of nitrogens with one attached hydrogen (secondary N) is 1. The lowest BCUT2D eigenvalue weighted by molar-refractivity contribution is 0.0965. The second-order valence-electron chi connectivity index (χ2n) is 7.14. The normalized spacial score (nSPS) is 13.9. The van der Waals surface area contributed by atoms with Crippen LogP contribution in [0.1, 0.15) is 68.9 Å². The minimum Gasteiger partial charge on any atom is -0.506 e. The number of hydrogen-bond donors (Lipinski definition) is 2. The van der Waals surface area contributed by atoms with Gasteiger partial charge < -0.3 is 10.4 Å². The van der Waals surface area contributed by atoms with E-state index in [0.29, 0.717) is 22.9 Å². The van der Waals surface area contributed by atoms with Crippen molar-refractivity contribution in [1.29, 1.82) is 0 Å². The van der Waals surface area contributed by atoms with E-state index >= 15 is 0 Å². The maximum absolute atomic E-state index is 12.9. The predicted octanol–water partition coefficient (Wildman–Crippen LogP) is 5.86. The molecule has 0 aliphatic heterocycles. The number of aromatic nitrogens is 2. The Bertz CT molecular complexity index is 797. The quantitative estimate of drug-likeness (QED) is 0.343. The van der Waals surface area contributed by atoms with Gasteiger partial charge in [-0.2, -0.15) is 5.10 Å². The lowest BCUT2D eigenvalue weighted by atomic mass is 9.89. The third kappa shape index (κ3) is 7.26. The van der Waals surface area contributed by atoms with E-state index in [1.54, 1.807) is 30.0 Å². The zero-order valence-corrected chi connectivity index (χ0v) is 18.2. The van der Waals surface area contributed by atoms with Crippen molar-refractivity contribution in [3.63, 3.8) is 0 Å². The van der Waals surface area contributed by atoms with Crippen molar-refractivity contribution in [3.8, 4) is 0 Å². The molecule has 1 aromatic rings. The molecule has 1 atom stereocenters. The van der Waals surface area contributed by atoms with Gasteiger partial charge in [0.15, 0.2) is 0 Å². The molecule has 1 rings (SSSR count). The van der Waals surface area contributed by atoms with E-state index in [1.807, 2.05) is 6.08 Å². The standard InChI is InChI=1S/C24H35N3O2/c1-7-11-14-19(13-9-3)18(5)16-21(23(28)10-4)26-24(29)20-17-25-27(6)22(20)15-12-8-2/h8,10,12,15-17,19,28H,2,4,7,9,11,13-14H2,1,3,5-6H3,(H,26,29)/b15-12-,18-16+,23-21-. The highest BCUT2D eigenvalue weighted by atomic mass is 16.3. The number of amides is 1. The van der Waals surface area contributed by atoms with Crippen LogP contribution in [0.15, 0.2) is 60.7 Å². The fourth-order valence-electron chi connectivity index (χ4n) is 3.20. The van der Waals surface area contributed by atoms with Gasteiger partial charge in [0.05, 0.1) is 23.2 Å². The first-order valence-electron chi connectivity index (χ1n) is 10.3. The topological polar surface area (TPSA) is 67.2 Å². The average Bonchev–Trinajstić information content (AvgIpc) is 3.08. The van der Waals surface area contributed by atoms with E-state index in [9.17, 15) is 9.90 Å². The van der Waals surface area contributed by atoms with Crippen LogP contribution in [-0.4, -0.2) is 20.8 Å². The van der Waals surface area contributed by atoms with Crippen LogP contribution in [0.4, 0.5) is 0 Å². The fraction of sp³-hybridized carbons (Fsp3) is 0.417. The number of aliphatic hydroxyl groups is 1. The van der Waals surface area contributed by atoms with Crippen LogP contribution < -0.4 is 5.32 Å². The Morgan fingerprint density at radius 3 is 2.62 bits per heavy atom. The Balaban J connectivity index is 3.18. The third-order valence-electron chi connectivity index (χ3n) is 4.90. The number of unbranched alkanes of at least 4 members (excludes halogenated alkanes) is 1. The molecule has 0 saturated heterocycles. The second-order valence-corrected chi connectivity index (χ2v) is 7.14. The largest absolute Gasteiger partial charge is 0.506 e. The van der Waals surface area contributed by atoms with Gasteiger partial charge in [-0.25, -0.2) is 0 Å². The molecule has 1 heterocycles. The molecule has 0 aromatic carbocycles. The summed E-state index contributed by atoms with van der Waals surface area (Å²) in [6, 6.07) is 0. The molecule has 2 N–H and O–H groups in total. The summed E-state index contributed by atoms with van der Waals surface area (Å²) >= 11 is 0. The van der Waals surface area contributed by atoms with Crippen molar-refractivity contribution >= 4 is 12.0 Å². The molecule has 5 heteroatoms. The van der Waals surface area contributed by atoms with Crippen molar-refractivity contribution in [1.82, 2.24) is 15.1 Å². The highest BCUT2D eigenvalue weighted by molar-refractivity contribution is 5.98. The highest BCUT2D eigenvalue weighted by Crippen LogP contribution is 2.24. The zero-order valence-electron chi connectivity index (χ0n) is 18.2. The zero-order chi connectivity index (χ0) is 21.8. The average molecular weight is 398 g/mol. The van der Waals surface area contributed by atoms with E-state index in [2.05, 4.69) is 44.3 Å². The summed E-state index contributed by atoms with van der Waals surface area (Å²) in [5.41, 5.74) is 2.57. The van der Waals surface area contributed by atoms with Crippen LogP contribution in [-0.2, 0) is 7.05 Å². The molecule has 29 heavy (non-hydrogen) atoms. The number of carbonyl (C=O) groups is 1. The number of aryl methyl sites for hydroxylation is 1. The maximum Gasteiger partial charge on any atom is 0.259 e. The second kappa shape index (κ2) is 12.6. The van der Waals surface area contributed by atoms with Crippen LogP contribution in [0.3, 0.4) is 0 Å². The van der Waals surface area contributed by atoms with Crippen LogP contribution in [0.25, 0.3) is 6.08 Å². The molecule has 1 aromatic heterocycles. The van der Waals surface area contributed by atoms with Crippen LogP contribution in [0.2, 0.25) is 0 Å². The Labute approximate surface area is 175 Å². The molecule has 1 unspecified atom stereocenters. The minimum absolute atomic E-state index is 0.0597. The highest BCUT2D eigenvalue weighted by Gasteiger charge is 2.17. The van der Waals surface area contributed by atoms with Crippen LogP contribution in [0.5, 0.6) is 0 Å². The summed E-state index contributed by atoms with van der Waals surface area (Å²) in [4.78, 5) is 12.9. The number of nitrogens with zero attached hydrogens (tertiary/aromatic N) is 2. The molecule has 0 fully saturated rings. The Morgan fingerprint density at radius 2 is 2.03 bits per heavy atom. The first kappa shape index (κ1) is 24.2. The molecule has 0 spiro atoms. The number of allylic oxidation sites excluding steroid dienone is 5. The van der Waals surface area contributed by atoms with Gasteiger partial charge in [0.2, 0.25) is 0 Å². The van der Waals surface area contributed by atoms with E-state index in [4.69, 9.17) is 0 Å². The molecule has 0 aliphatic carbocycles. The summed E-state index contributed by atoms with van der Waals surface area (Å²) in [5.74, 6) is 0.0271. The fourth-order valence-corrected chi connectivity index (χ4v) is 3.20. The van der Waals surface area contributed by atoms with Gasteiger partial charge in [0, 0.05) is 7.05 Å². The summed E-state index contributed by atoms with van der Waals surface area (Å²) in [6.07, 6.45) is 15.4. The molecular formula is C24H35N3O2. The van der Waals surface area contributed by atoms with Crippen LogP contribution >= 0.6 is 0 Å². The monoisotopic (exact) mass is 397 g/mol. The van der Waals surface area contributed by atoms with Gasteiger partial charge in [-0.1, -0.05) is 64.0 Å². The molecule has 5 nitrogen and oxygen atoms in total. The lowest BCUT2D eigenvalue weighted by Gasteiger charge is -2.18. The van der Waals surface area contributed by atoms with E-state index < -0.39 is 0 Å². The molecule has 0 bridgehead atoms. The van der Waals surface area contributed by atoms with Gasteiger partial charge in [0.1, 0.15) is 5.76 Å². The molecule has 158 valence electrons. The van der Waals surface area contributed by atoms with Gasteiger partial charge in [-0.15, -0.1) is 0 Å². The SMILES string of the molecule is C=C/C=C\c1c(C(=O)NC(/C=C(\C)C(CCC)CCCC)=C(\O)C=C)cnn1C. The minimum atomic E-state index is -0.338. The molecule has 0 saturated carbocycles. The van der Waals surface area contributed by atoms with E-state index in [1.165, 1.54) is 12.3 Å². The van der Waals surface area contributed by atoms with Gasteiger partial charge in [-0.05, 0) is 43.9 Å². The van der Waals surface area contributed by atoms with E-state index in [0.717, 1.165) is 37.7 Å². The van der Waals surface area contributed by atoms with Crippen LogP contribution in [0, 0.1) is 5.92 Å². The molecule has 1 amide bonds. The third-order valence-corrected chi connectivity index (χ3v) is 4.90. The number of hydrogen-bond acceptors (Lipinski definition) is 3. The van der Waals surface area contributed by atoms with Crippen molar-refractivity contribution < 1.29 is 9.90 Å². The molecular weight excluding hydrogens is 362 g/mol. The van der Waals surface area contributed by atoms with Gasteiger partial charge in [-0.3, -0.25) is 9.48 Å². The van der Waals surface area contributed by atoms with Crippen molar-refractivity contribution in [3.05, 3.63) is 71.9 Å². The number of rotatable bonds is 12. The molecule has 0 aliphatic rings. The lowest BCUT2D eigenvalue weighted by Crippen LogP contribution is -2.24. The Kier molecular flexibility index (Phi) is 10.5. The summed E-state index contributed by atoms with van der Waals surface area (Å²) in [6.45, 7) is 13.7. The summed E-state index contributed by atoms with van der Waals surface area (Å²) in [7, 11) is 1.77. The summed E-state index contributed by atoms with van der Waals surface area (Å²) < 4.78 is 1.62. The first-order chi connectivity index (χ1) is 13.9. The van der Waals surface area contributed by atoms with E-state index in [-0.39, 0.29) is 11.7 Å².